The minimum Gasteiger partial charge on any atom is -0.452 e. The lowest BCUT2D eigenvalue weighted by molar-refractivity contribution is -0.125. The summed E-state index contributed by atoms with van der Waals surface area (Å²) >= 11 is 0. The number of rotatable bonds is 5. The van der Waals surface area contributed by atoms with E-state index in [4.69, 9.17) is 9.47 Å². The zero-order valence-electron chi connectivity index (χ0n) is 15.7. The van der Waals surface area contributed by atoms with Crippen molar-refractivity contribution in [3.8, 4) is 0 Å². The number of hydrogen-bond donors (Lipinski definition) is 1. The van der Waals surface area contributed by atoms with Gasteiger partial charge in [0.25, 0.3) is 5.91 Å². The van der Waals surface area contributed by atoms with Crippen molar-refractivity contribution in [2.45, 2.75) is 25.8 Å². The first-order chi connectivity index (χ1) is 13.6. The van der Waals surface area contributed by atoms with Crippen molar-refractivity contribution in [2.24, 2.45) is 0 Å². The Hall–Kier alpha value is -3.16. The summed E-state index contributed by atoms with van der Waals surface area (Å²) in [6.45, 7) is 2.79. The second-order valence-electron chi connectivity index (χ2n) is 6.48. The lowest BCUT2D eigenvalue weighted by Gasteiger charge is -2.31. The lowest BCUT2D eigenvalue weighted by Crippen LogP contribution is -2.47. The van der Waals surface area contributed by atoms with Crippen molar-refractivity contribution in [1.82, 2.24) is 15.2 Å². The van der Waals surface area contributed by atoms with E-state index in [2.05, 4.69) is 10.3 Å². The molecule has 1 fully saturated rings. The van der Waals surface area contributed by atoms with Crippen LogP contribution in [0.1, 0.15) is 30.1 Å². The highest BCUT2D eigenvalue weighted by Gasteiger charge is 2.25. The summed E-state index contributed by atoms with van der Waals surface area (Å²) in [4.78, 5) is 42.0. The first kappa shape index (κ1) is 19.6. The van der Waals surface area contributed by atoms with Crippen LogP contribution in [0.3, 0.4) is 0 Å². The van der Waals surface area contributed by atoms with Gasteiger partial charge in [-0.25, -0.2) is 9.59 Å². The van der Waals surface area contributed by atoms with Gasteiger partial charge >= 0.3 is 12.1 Å². The standard InChI is InChI=1S/C20H23N3O5/c1-2-27-20(26)23-11-8-14(9-12-23)22-18(24)13-28-19(25)16-5-3-7-17-15(16)6-4-10-21-17/h3-7,10,14H,2,8-9,11-13H2,1H3,(H,22,24). The summed E-state index contributed by atoms with van der Waals surface area (Å²) in [5, 5.41) is 3.53. The number of likely N-dealkylation sites (tertiary alicyclic amines) is 1. The average molecular weight is 385 g/mol. The van der Waals surface area contributed by atoms with Gasteiger partial charge in [0.05, 0.1) is 17.7 Å². The molecular formula is C20H23N3O5. The highest BCUT2D eigenvalue weighted by Crippen LogP contribution is 2.17. The number of benzene rings is 1. The molecule has 0 bridgehead atoms. The van der Waals surface area contributed by atoms with Gasteiger partial charge in [-0.1, -0.05) is 12.1 Å². The van der Waals surface area contributed by atoms with Gasteiger partial charge in [-0.3, -0.25) is 9.78 Å². The first-order valence-corrected chi connectivity index (χ1v) is 9.30. The molecule has 0 unspecified atom stereocenters. The Morgan fingerprint density at radius 3 is 2.68 bits per heavy atom. The molecule has 3 rings (SSSR count). The Bertz CT molecular complexity index is 857. The van der Waals surface area contributed by atoms with Crippen LogP contribution in [-0.2, 0) is 14.3 Å². The van der Waals surface area contributed by atoms with Gasteiger partial charge in [0.15, 0.2) is 6.61 Å². The van der Waals surface area contributed by atoms with Crippen LogP contribution >= 0.6 is 0 Å². The van der Waals surface area contributed by atoms with Crippen LogP contribution < -0.4 is 5.32 Å². The molecule has 0 spiro atoms. The minimum absolute atomic E-state index is 0.0568. The molecule has 2 amide bonds. The molecule has 8 heteroatoms. The van der Waals surface area contributed by atoms with Crippen LogP contribution in [-0.4, -0.2) is 60.2 Å². The minimum atomic E-state index is -0.564. The number of amides is 2. The van der Waals surface area contributed by atoms with Gasteiger partial charge in [0.2, 0.25) is 0 Å². The van der Waals surface area contributed by atoms with E-state index < -0.39 is 5.97 Å². The summed E-state index contributed by atoms with van der Waals surface area (Å²) < 4.78 is 10.1. The fourth-order valence-corrected chi connectivity index (χ4v) is 3.18. The second kappa shape index (κ2) is 9.16. The molecule has 0 radical (unpaired) electrons. The summed E-state index contributed by atoms with van der Waals surface area (Å²) in [7, 11) is 0. The molecule has 2 aromatic rings. The number of esters is 1. The lowest BCUT2D eigenvalue weighted by atomic mass is 10.1. The molecule has 0 atom stereocenters. The monoisotopic (exact) mass is 385 g/mol. The number of carbonyl (C=O) groups is 3. The van der Waals surface area contributed by atoms with Crippen molar-refractivity contribution in [3.63, 3.8) is 0 Å². The Morgan fingerprint density at radius 1 is 1.14 bits per heavy atom. The van der Waals surface area contributed by atoms with E-state index in [0.717, 1.165) is 0 Å². The van der Waals surface area contributed by atoms with Crippen molar-refractivity contribution in [1.29, 1.82) is 0 Å². The topological polar surface area (TPSA) is 97.8 Å². The predicted octanol–water partition coefficient (Wildman–Crippen LogP) is 2.13. The summed E-state index contributed by atoms with van der Waals surface area (Å²) in [6, 6.07) is 8.66. The molecule has 1 saturated heterocycles. The summed E-state index contributed by atoms with van der Waals surface area (Å²) in [5.41, 5.74) is 1.07. The third kappa shape index (κ3) is 4.76. The fraction of sp³-hybridized carbons (Fsp3) is 0.400. The van der Waals surface area contributed by atoms with Gasteiger partial charge in [-0.2, -0.15) is 0 Å². The van der Waals surface area contributed by atoms with Crippen molar-refractivity contribution >= 4 is 28.9 Å². The number of hydrogen-bond acceptors (Lipinski definition) is 6. The maximum absolute atomic E-state index is 12.3. The molecular weight excluding hydrogens is 362 g/mol. The summed E-state index contributed by atoms with van der Waals surface area (Å²) in [5.74, 6) is -0.924. The molecule has 0 saturated carbocycles. The molecule has 1 aliphatic heterocycles. The highest BCUT2D eigenvalue weighted by atomic mass is 16.6. The van der Waals surface area contributed by atoms with E-state index in [1.807, 2.05) is 6.07 Å². The largest absolute Gasteiger partial charge is 0.452 e. The second-order valence-corrected chi connectivity index (χ2v) is 6.48. The number of piperidine rings is 1. The molecule has 2 heterocycles. The number of aromatic nitrogens is 1. The van der Waals surface area contributed by atoms with Gasteiger partial charge in [-0.15, -0.1) is 0 Å². The van der Waals surface area contributed by atoms with Gasteiger partial charge < -0.3 is 19.7 Å². The van der Waals surface area contributed by atoms with Gasteiger partial charge in [0.1, 0.15) is 0 Å². The van der Waals surface area contributed by atoms with E-state index in [0.29, 0.717) is 49.0 Å². The van der Waals surface area contributed by atoms with Crippen molar-refractivity contribution in [3.05, 3.63) is 42.1 Å². The van der Waals surface area contributed by atoms with Crippen molar-refractivity contribution in [2.75, 3.05) is 26.3 Å². The zero-order valence-corrected chi connectivity index (χ0v) is 15.7. The molecule has 1 N–H and O–H groups in total. The summed E-state index contributed by atoms with van der Waals surface area (Å²) in [6.07, 6.45) is 2.59. The van der Waals surface area contributed by atoms with Crippen LogP contribution in [0.5, 0.6) is 0 Å². The number of fused-ring (bicyclic) bond motifs is 1. The highest BCUT2D eigenvalue weighted by molar-refractivity contribution is 6.03. The van der Waals surface area contributed by atoms with Gasteiger partial charge in [-0.05, 0) is 38.0 Å². The molecule has 148 valence electrons. The van der Waals surface area contributed by atoms with E-state index in [-0.39, 0.29) is 24.6 Å². The predicted molar refractivity (Wildman–Crippen MR) is 102 cm³/mol. The maximum atomic E-state index is 12.3. The number of nitrogens with one attached hydrogen (secondary N) is 1. The van der Waals surface area contributed by atoms with Crippen LogP contribution in [0.25, 0.3) is 10.9 Å². The number of nitrogens with zero attached hydrogens (tertiary/aromatic N) is 2. The molecule has 1 aromatic heterocycles. The number of pyridine rings is 1. The maximum Gasteiger partial charge on any atom is 0.409 e. The Kier molecular flexibility index (Phi) is 6.41. The normalized spacial score (nSPS) is 14.5. The molecule has 1 aliphatic rings. The molecule has 8 nitrogen and oxygen atoms in total. The van der Waals surface area contributed by atoms with E-state index >= 15 is 0 Å². The van der Waals surface area contributed by atoms with E-state index in [9.17, 15) is 14.4 Å². The van der Waals surface area contributed by atoms with E-state index in [1.54, 1.807) is 42.3 Å². The van der Waals surface area contributed by atoms with Crippen LogP contribution in [0, 0.1) is 0 Å². The van der Waals surface area contributed by atoms with Crippen molar-refractivity contribution < 1.29 is 23.9 Å². The first-order valence-electron chi connectivity index (χ1n) is 9.30. The van der Waals surface area contributed by atoms with Crippen LogP contribution in [0.2, 0.25) is 0 Å². The average Bonchev–Trinajstić information content (AvgIpc) is 2.72. The number of carbonyl (C=O) groups excluding carboxylic acids is 3. The van der Waals surface area contributed by atoms with Crippen LogP contribution in [0.15, 0.2) is 36.5 Å². The Morgan fingerprint density at radius 2 is 1.93 bits per heavy atom. The Balaban J connectivity index is 1.47. The SMILES string of the molecule is CCOC(=O)N1CCC(NC(=O)COC(=O)c2cccc3ncccc23)CC1. The van der Waals surface area contributed by atoms with E-state index in [1.165, 1.54) is 0 Å². The quantitative estimate of drug-likeness (QED) is 0.792. The van der Waals surface area contributed by atoms with Gasteiger partial charge in [0, 0.05) is 30.7 Å². The molecule has 28 heavy (non-hydrogen) atoms. The fourth-order valence-electron chi connectivity index (χ4n) is 3.18. The number of ether oxygens (including phenoxy) is 2. The Labute approximate surface area is 162 Å². The third-order valence-electron chi connectivity index (χ3n) is 4.59. The zero-order chi connectivity index (χ0) is 19.9. The van der Waals surface area contributed by atoms with Crippen LogP contribution in [0.4, 0.5) is 4.79 Å². The molecule has 0 aliphatic carbocycles. The smallest absolute Gasteiger partial charge is 0.409 e. The third-order valence-corrected chi connectivity index (χ3v) is 4.59. The molecule has 1 aromatic carbocycles.